The van der Waals surface area contributed by atoms with E-state index in [1.807, 2.05) is 0 Å². The SMILES string of the molecule is Fc1cccc(F)c1-c1nnc(-c2cn3cc(C(F)(F)F)cc(Cl)c3n2)o1. The van der Waals surface area contributed by atoms with Crippen molar-refractivity contribution in [2.75, 3.05) is 0 Å². The number of alkyl halides is 3. The number of rotatable bonds is 2. The van der Waals surface area contributed by atoms with Crippen LogP contribution in [0.25, 0.3) is 28.7 Å². The predicted molar refractivity (Wildman–Crippen MR) is 83.8 cm³/mol. The first-order valence-electron chi connectivity index (χ1n) is 7.28. The molecule has 3 heterocycles. The summed E-state index contributed by atoms with van der Waals surface area (Å²) in [7, 11) is 0. The minimum absolute atomic E-state index is 0.00766. The normalized spacial score (nSPS) is 12.1. The lowest BCUT2D eigenvalue weighted by Crippen LogP contribution is -2.06. The van der Waals surface area contributed by atoms with Crippen LogP contribution in [0.3, 0.4) is 0 Å². The highest BCUT2D eigenvalue weighted by Gasteiger charge is 2.32. The lowest BCUT2D eigenvalue weighted by Gasteiger charge is -2.07. The molecule has 0 aliphatic heterocycles. The summed E-state index contributed by atoms with van der Waals surface area (Å²) >= 11 is 5.86. The van der Waals surface area contributed by atoms with Gasteiger partial charge in [0, 0.05) is 12.4 Å². The highest BCUT2D eigenvalue weighted by atomic mass is 35.5. The zero-order chi connectivity index (χ0) is 19.3. The zero-order valence-electron chi connectivity index (χ0n) is 12.9. The Bertz CT molecular complexity index is 1150. The molecule has 5 nitrogen and oxygen atoms in total. The Hall–Kier alpha value is -3.01. The fourth-order valence-electron chi connectivity index (χ4n) is 2.44. The van der Waals surface area contributed by atoms with Crippen LogP contribution >= 0.6 is 11.6 Å². The third-order valence-electron chi connectivity index (χ3n) is 3.65. The quantitative estimate of drug-likeness (QED) is 0.444. The average molecular weight is 401 g/mol. The summed E-state index contributed by atoms with van der Waals surface area (Å²) in [5.41, 5.74) is -1.47. The molecule has 0 saturated heterocycles. The van der Waals surface area contributed by atoms with Gasteiger partial charge in [0.2, 0.25) is 0 Å². The van der Waals surface area contributed by atoms with Gasteiger partial charge < -0.3 is 8.82 Å². The van der Waals surface area contributed by atoms with Crippen LogP contribution < -0.4 is 0 Å². The molecule has 0 saturated carbocycles. The number of hydrogen-bond acceptors (Lipinski definition) is 4. The summed E-state index contributed by atoms with van der Waals surface area (Å²) in [5.74, 6) is -2.48. The number of fused-ring (bicyclic) bond motifs is 1. The van der Waals surface area contributed by atoms with Crippen molar-refractivity contribution in [1.82, 2.24) is 19.6 Å². The molecule has 0 fully saturated rings. The number of benzene rings is 1. The maximum absolute atomic E-state index is 13.8. The van der Waals surface area contributed by atoms with E-state index >= 15 is 0 Å². The lowest BCUT2D eigenvalue weighted by molar-refractivity contribution is -0.137. The first-order chi connectivity index (χ1) is 12.7. The van der Waals surface area contributed by atoms with Gasteiger partial charge in [0.1, 0.15) is 22.9 Å². The van der Waals surface area contributed by atoms with Crippen molar-refractivity contribution in [3.05, 3.63) is 58.9 Å². The van der Waals surface area contributed by atoms with Crippen LogP contribution in [0.2, 0.25) is 5.02 Å². The minimum atomic E-state index is -4.59. The highest BCUT2D eigenvalue weighted by molar-refractivity contribution is 6.33. The van der Waals surface area contributed by atoms with Gasteiger partial charge in [-0.05, 0) is 18.2 Å². The van der Waals surface area contributed by atoms with Crippen molar-refractivity contribution in [1.29, 1.82) is 0 Å². The number of imidazole rings is 1. The van der Waals surface area contributed by atoms with Crippen LogP contribution in [-0.2, 0) is 6.18 Å². The van der Waals surface area contributed by atoms with E-state index in [9.17, 15) is 22.0 Å². The molecule has 0 radical (unpaired) electrons. The number of halogens is 6. The van der Waals surface area contributed by atoms with E-state index in [0.29, 0.717) is 0 Å². The molecule has 1 aromatic carbocycles. The topological polar surface area (TPSA) is 56.2 Å². The maximum atomic E-state index is 13.8. The number of nitrogens with zero attached hydrogens (tertiary/aromatic N) is 4. The fraction of sp³-hybridized carbons (Fsp3) is 0.0625. The predicted octanol–water partition coefficient (Wildman–Crippen LogP) is 5.00. The summed E-state index contributed by atoms with van der Waals surface area (Å²) in [6.07, 6.45) is -2.61. The Labute approximate surface area is 152 Å². The molecule has 0 spiro atoms. The number of aromatic nitrogens is 4. The van der Waals surface area contributed by atoms with E-state index in [1.165, 1.54) is 12.3 Å². The van der Waals surface area contributed by atoms with Crippen molar-refractivity contribution >= 4 is 17.2 Å². The average Bonchev–Trinajstić information content (AvgIpc) is 3.20. The summed E-state index contributed by atoms with van der Waals surface area (Å²) in [6, 6.07) is 3.95. The molecular weight excluding hydrogens is 395 g/mol. The molecule has 0 aliphatic rings. The Morgan fingerprint density at radius 2 is 1.67 bits per heavy atom. The number of pyridine rings is 1. The Morgan fingerprint density at radius 3 is 2.33 bits per heavy atom. The molecule has 0 unspecified atom stereocenters. The van der Waals surface area contributed by atoms with Gasteiger partial charge in [0.05, 0.1) is 10.6 Å². The third kappa shape index (κ3) is 3.01. The van der Waals surface area contributed by atoms with E-state index in [0.717, 1.165) is 28.8 Å². The van der Waals surface area contributed by atoms with E-state index in [1.54, 1.807) is 0 Å². The molecule has 0 aliphatic carbocycles. The molecular formula is C16H6ClF5N4O. The van der Waals surface area contributed by atoms with Gasteiger partial charge in [-0.1, -0.05) is 17.7 Å². The Balaban J connectivity index is 1.80. The number of hydrogen-bond donors (Lipinski definition) is 0. The van der Waals surface area contributed by atoms with Crippen LogP contribution in [-0.4, -0.2) is 19.6 Å². The van der Waals surface area contributed by atoms with Gasteiger partial charge >= 0.3 is 6.18 Å². The van der Waals surface area contributed by atoms with E-state index in [2.05, 4.69) is 15.2 Å². The van der Waals surface area contributed by atoms with Crippen LogP contribution in [0.4, 0.5) is 22.0 Å². The van der Waals surface area contributed by atoms with Crippen molar-refractivity contribution in [2.45, 2.75) is 6.18 Å². The molecule has 0 amide bonds. The molecule has 3 aromatic heterocycles. The standard InChI is InChI=1S/C16H6ClF5N4O/c17-8-4-7(16(20,21)22)5-26-6-11(23-13(8)26)14-24-25-15(27-14)12-9(18)2-1-3-10(12)19/h1-6H. The van der Waals surface area contributed by atoms with Crippen LogP contribution in [0.15, 0.2) is 41.1 Å². The van der Waals surface area contributed by atoms with Crippen molar-refractivity contribution in [3.63, 3.8) is 0 Å². The fourth-order valence-corrected chi connectivity index (χ4v) is 2.70. The van der Waals surface area contributed by atoms with Crippen LogP contribution in [0, 0.1) is 11.6 Å². The third-order valence-corrected chi connectivity index (χ3v) is 3.93. The van der Waals surface area contributed by atoms with E-state index in [4.69, 9.17) is 16.0 Å². The summed E-state index contributed by atoms with van der Waals surface area (Å²) in [4.78, 5) is 4.04. The first-order valence-corrected chi connectivity index (χ1v) is 7.65. The van der Waals surface area contributed by atoms with Gasteiger partial charge in [0.15, 0.2) is 5.65 Å². The molecule has 11 heteroatoms. The van der Waals surface area contributed by atoms with Gasteiger partial charge in [-0.25, -0.2) is 13.8 Å². The van der Waals surface area contributed by atoms with Gasteiger partial charge in [-0.3, -0.25) is 0 Å². The molecule has 0 bridgehead atoms. The van der Waals surface area contributed by atoms with Gasteiger partial charge in [-0.2, -0.15) is 13.2 Å². The second kappa shape index (κ2) is 6.02. The lowest BCUT2D eigenvalue weighted by atomic mass is 10.2. The molecule has 0 atom stereocenters. The second-order valence-electron chi connectivity index (χ2n) is 5.44. The van der Waals surface area contributed by atoms with Crippen LogP contribution in [0.1, 0.15) is 5.56 Å². The molecule has 4 rings (SSSR count). The Kier molecular flexibility index (Phi) is 3.88. The van der Waals surface area contributed by atoms with E-state index < -0.39 is 34.8 Å². The van der Waals surface area contributed by atoms with Crippen molar-refractivity contribution in [3.8, 4) is 23.0 Å². The molecule has 27 heavy (non-hydrogen) atoms. The second-order valence-corrected chi connectivity index (χ2v) is 5.85. The maximum Gasteiger partial charge on any atom is 0.417 e. The van der Waals surface area contributed by atoms with Crippen molar-refractivity contribution < 1.29 is 26.4 Å². The Morgan fingerprint density at radius 1 is 1.00 bits per heavy atom. The van der Waals surface area contributed by atoms with E-state index in [-0.39, 0.29) is 22.3 Å². The summed E-state index contributed by atoms with van der Waals surface area (Å²) < 4.78 is 72.6. The molecule has 0 N–H and O–H groups in total. The van der Waals surface area contributed by atoms with Gasteiger partial charge in [-0.15, -0.1) is 10.2 Å². The molecule has 4 aromatic rings. The highest BCUT2D eigenvalue weighted by Crippen LogP contribution is 2.33. The monoisotopic (exact) mass is 400 g/mol. The van der Waals surface area contributed by atoms with Crippen molar-refractivity contribution in [2.24, 2.45) is 0 Å². The summed E-state index contributed by atoms with van der Waals surface area (Å²) in [6.45, 7) is 0. The largest absolute Gasteiger partial charge is 0.417 e. The van der Waals surface area contributed by atoms with Gasteiger partial charge in [0.25, 0.3) is 11.8 Å². The minimum Gasteiger partial charge on any atom is -0.414 e. The smallest absolute Gasteiger partial charge is 0.414 e. The molecule has 138 valence electrons. The zero-order valence-corrected chi connectivity index (χ0v) is 13.7. The summed E-state index contributed by atoms with van der Waals surface area (Å²) in [5, 5.41) is 6.99. The first kappa shape index (κ1) is 17.4. The van der Waals surface area contributed by atoms with Crippen LogP contribution in [0.5, 0.6) is 0 Å².